The quantitative estimate of drug-likeness (QED) is 0.927. The Morgan fingerprint density at radius 1 is 1.05 bits per heavy atom. The van der Waals surface area contributed by atoms with Crippen LogP contribution in [0.5, 0.6) is 0 Å². The third-order valence-electron chi connectivity index (χ3n) is 3.41. The Morgan fingerprint density at radius 3 is 2.32 bits per heavy atom. The smallest absolute Gasteiger partial charge is 0.365 e. The maximum absolute atomic E-state index is 13.0. The summed E-state index contributed by atoms with van der Waals surface area (Å²) in [5.41, 5.74) is -2.63. The first-order valence-corrected chi connectivity index (χ1v) is 6.55. The lowest BCUT2D eigenvalue weighted by atomic mass is 9.97. The molecule has 1 unspecified atom stereocenters. The summed E-state index contributed by atoms with van der Waals surface area (Å²) in [6, 6.07) is 12.9. The molecule has 0 saturated carbocycles. The van der Waals surface area contributed by atoms with E-state index in [1.165, 1.54) is 12.3 Å². The van der Waals surface area contributed by atoms with Crippen molar-refractivity contribution in [1.82, 2.24) is 4.98 Å². The Labute approximate surface area is 124 Å². The van der Waals surface area contributed by atoms with Crippen LogP contribution >= 0.6 is 0 Å². The van der Waals surface area contributed by atoms with E-state index in [0.29, 0.717) is 5.56 Å². The molecule has 7 heteroatoms. The number of aromatic nitrogens is 1. The number of rotatable bonds is 2. The average molecular weight is 307 g/mol. The van der Waals surface area contributed by atoms with Crippen LogP contribution < -0.4 is 5.01 Å². The van der Waals surface area contributed by atoms with Crippen LogP contribution in [-0.4, -0.2) is 22.0 Å². The molecule has 2 aromatic rings. The first kappa shape index (κ1) is 14.5. The molecule has 4 nitrogen and oxygen atoms in total. The van der Waals surface area contributed by atoms with Gasteiger partial charge in [0.2, 0.25) is 0 Å². The van der Waals surface area contributed by atoms with Crippen LogP contribution in [0.4, 0.5) is 19.0 Å². The predicted molar refractivity (Wildman–Crippen MR) is 75.2 cm³/mol. The highest BCUT2D eigenvalue weighted by molar-refractivity contribution is 5.93. The molecule has 0 bridgehead atoms. The van der Waals surface area contributed by atoms with Gasteiger partial charge in [0, 0.05) is 11.8 Å². The molecule has 22 heavy (non-hydrogen) atoms. The molecule has 0 fully saturated rings. The van der Waals surface area contributed by atoms with E-state index < -0.39 is 24.0 Å². The summed E-state index contributed by atoms with van der Waals surface area (Å²) in [6.45, 7) is 0. The minimum atomic E-state index is -4.60. The lowest BCUT2D eigenvalue weighted by molar-refractivity contribution is -0.0626. The molecule has 2 heterocycles. The number of hydrazone groups is 1. The second-order valence-electron chi connectivity index (χ2n) is 4.90. The number of aliphatic hydroxyl groups is 1. The molecule has 3 rings (SSSR count). The fraction of sp³-hybridized carbons (Fsp3) is 0.200. The highest BCUT2D eigenvalue weighted by Gasteiger charge is 2.51. The maximum atomic E-state index is 13.0. The van der Waals surface area contributed by atoms with E-state index in [2.05, 4.69) is 10.1 Å². The van der Waals surface area contributed by atoms with Crippen molar-refractivity contribution >= 4 is 11.5 Å². The summed E-state index contributed by atoms with van der Waals surface area (Å²) >= 11 is 0. The van der Waals surface area contributed by atoms with E-state index in [1.54, 1.807) is 42.5 Å². The molecule has 0 aliphatic carbocycles. The van der Waals surface area contributed by atoms with Crippen LogP contribution in [0, 0.1) is 0 Å². The van der Waals surface area contributed by atoms with Crippen LogP contribution in [-0.2, 0) is 5.72 Å². The summed E-state index contributed by atoms with van der Waals surface area (Å²) in [5.74, 6) is 0.146. The summed E-state index contributed by atoms with van der Waals surface area (Å²) in [4.78, 5) is 3.99. The molecule has 1 atom stereocenters. The molecule has 0 spiro atoms. The van der Waals surface area contributed by atoms with Gasteiger partial charge in [-0.2, -0.15) is 18.3 Å². The fourth-order valence-corrected chi connectivity index (χ4v) is 2.35. The van der Waals surface area contributed by atoms with Crippen molar-refractivity contribution in [3.8, 4) is 0 Å². The van der Waals surface area contributed by atoms with Crippen LogP contribution in [0.15, 0.2) is 59.8 Å². The minimum absolute atomic E-state index is 0.146. The molecular formula is C15H12F3N3O. The number of halogens is 3. The number of hydrogen-bond acceptors (Lipinski definition) is 4. The Morgan fingerprint density at radius 2 is 1.73 bits per heavy atom. The van der Waals surface area contributed by atoms with Gasteiger partial charge in [0.15, 0.2) is 11.5 Å². The van der Waals surface area contributed by atoms with Crippen molar-refractivity contribution in [3.63, 3.8) is 0 Å². The van der Waals surface area contributed by atoms with Gasteiger partial charge in [0.05, 0.1) is 6.42 Å². The average Bonchev–Trinajstić information content (AvgIpc) is 2.88. The molecule has 1 aromatic carbocycles. The molecule has 1 aromatic heterocycles. The zero-order valence-electron chi connectivity index (χ0n) is 11.3. The number of pyridine rings is 1. The largest absolute Gasteiger partial charge is 0.431 e. The second kappa shape index (κ2) is 5.10. The topological polar surface area (TPSA) is 48.7 Å². The van der Waals surface area contributed by atoms with Crippen molar-refractivity contribution in [1.29, 1.82) is 0 Å². The van der Waals surface area contributed by atoms with Crippen molar-refractivity contribution in [2.45, 2.75) is 18.3 Å². The number of anilines is 1. The third kappa shape index (κ3) is 2.43. The molecule has 1 aliphatic rings. The zero-order valence-corrected chi connectivity index (χ0v) is 11.3. The van der Waals surface area contributed by atoms with E-state index in [4.69, 9.17) is 0 Å². The molecule has 1 N–H and O–H groups in total. The first-order chi connectivity index (χ1) is 10.4. The molecular weight excluding hydrogens is 295 g/mol. The van der Waals surface area contributed by atoms with Crippen molar-refractivity contribution in [3.05, 3.63) is 60.3 Å². The van der Waals surface area contributed by atoms with Crippen LogP contribution in [0.25, 0.3) is 0 Å². The van der Waals surface area contributed by atoms with Gasteiger partial charge in [0.25, 0.3) is 0 Å². The normalized spacial score (nSPS) is 21.8. The first-order valence-electron chi connectivity index (χ1n) is 6.55. The van der Waals surface area contributed by atoms with Crippen LogP contribution in [0.2, 0.25) is 0 Å². The minimum Gasteiger partial charge on any atom is -0.365 e. The van der Waals surface area contributed by atoms with E-state index in [1.807, 2.05) is 0 Å². The van der Waals surface area contributed by atoms with E-state index in [9.17, 15) is 18.3 Å². The van der Waals surface area contributed by atoms with Gasteiger partial charge in [0.1, 0.15) is 5.71 Å². The Bertz CT molecular complexity index is 688. The monoisotopic (exact) mass is 307 g/mol. The van der Waals surface area contributed by atoms with Gasteiger partial charge in [-0.25, -0.2) is 9.99 Å². The van der Waals surface area contributed by atoms with E-state index in [0.717, 1.165) is 5.01 Å². The molecule has 0 saturated heterocycles. The zero-order chi connectivity index (χ0) is 15.8. The van der Waals surface area contributed by atoms with Gasteiger partial charge in [-0.15, -0.1) is 0 Å². The second-order valence-corrected chi connectivity index (χ2v) is 4.90. The highest BCUT2D eigenvalue weighted by atomic mass is 19.4. The summed E-state index contributed by atoms with van der Waals surface area (Å²) < 4.78 is 39.1. The SMILES string of the molecule is OC1(c2ccccc2)CC(C(F)(F)F)=NN1c1ccccn1. The fourth-order valence-electron chi connectivity index (χ4n) is 2.35. The molecule has 0 amide bonds. The summed E-state index contributed by atoms with van der Waals surface area (Å²) in [6.07, 6.45) is -3.83. The van der Waals surface area contributed by atoms with Crippen LogP contribution in [0.1, 0.15) is 12.0 Å². The molecule has 0 radical (unpaired) electrons. The number of hydrogen-bond donors (Lipinski definition) is 1. The van der Waals surface area contributed by atoms with Crippen molar-refractivity contribution in [2.24, 2.45) is 5.10 Å². The molecule has 1 aliphatic heterocycles. The van der Waals surface area contributed by atoms with E-state index >= 15 is 0 Å². The van der Waals surface area contributed by atoms with Gasteiger partial charge in [-0.1, -0.05) is 36.4 Å². The highest BCUT2D eigenvalue weighted by Crippen LogP contribution is 2.41. The number of nitrogens with zero attached hydrogens (tertiary/aromatic N) is 3. The predicted octanol–water partition coefficient (Wildman–Crippen LogP) is 3.06. The number of alkyl halides is 3. The maximum Gasteiger partial charge on any atom is 0.431 e. The standard InChI is InChI=1S/C15H12F3N3O/c16-15(17,18)12-10-14(22,11-6-2-1-3-7-11)21(20-12)13-8-4-5-9-19-13/h1-9,22H,10H2. The Balaban J connectivity index is 2.10. The molecule has 114 valence electrons. The lowest BCUT2D eigenvalue weighted by Gasteiger charge is -2.32. The van der Waals surface area contributed by atoms with Gasteiger partial charge >= 0.3 is 6.18 Å². The third-order valence-corrected chi connectivity index (χ3v) is 3.41. The summed E-state index contributed by atoms with van der Waals surface area (Å²) in [5, 5.41) is 15.4. The Kier molecular flexibility index (Phi) is 3.37. The number of benzene rings is 1. The van der Waals surface area contributed by atoms with Gasteiger partial charge in [-0.05, 0) is 12.1 Å². The Hall–Kier alpha value is -2.41. The van der Waals surface area contributed by atoms with E-state index in [-0.39, 0.29) is 5.82 Å². The summed E-state index contributed by atoms with van der Waals surface area (Å²) in [7, 11) is 0. The van der Waals surface area contributed by atoms with Crippen LogP contribution in [0.3, 0.4) is 0 Å². The van der Waals surface area contributed by atoms with Crippen molar-refractivity contribution in [2.75, 3.05) is 5.01 Å². The van der Waals surface area contributed by atoms with Gasteiger partial charge in [-0.3, -0.25) is 0 Å². The van der Waals surface area contributed by atoms with Crippen molar-refractivity contribution < 1.29 is 18.3 Å². The lowest BCUT2D eigenvalue weighted by Crippen LogP contribution is -2.40. The van der Waals surface area contributed by atoms with Gasteiger partial charge < -0.3 is 5.11 Å².